The lowest BCUT2D eigenvalue weighted by Gasteiger charge is -2.49. The third kappa shape index (κ3) is 5.86. The molecule has 1 unspecified atom stereocenters. The fourth-order valence-electron chi connectivity index (χ4n) is 0.752. The summed E-state index contributed by atoms with van der Waals surface area (Å²) in [6, 6.07) is 0. The Morgan fingerprint density at radius 3 is 1.05 bits per heavy atom. The van der Waals surface area contributed by atoms with Crippen LogP contribution >= 0.6 is 207 Å². The van der Waals surface area contributed by atoms with Crippen LogP contribution in [0.2, 0.25) is 0 Å². The summed E-state index contributed by atoms with van der Waals surface area (Å²) >= 11 is 46.8. The zero-order valence-electron chi connectivity index (χ0n) is 7.99. The molecule has 116 valence electrons. The van der Waals surface area contributed by atoms with Crippen molar-refractivity contribution in [2.24, 2.45) is 0 Å². The molecule has 0 aromatic heterocycles. The second kappa shape index (κ2) is 8.50. The zero-order valence-corrected chi connectivity index (χ0v) is 28.6. The number of hydrogen-bond acceptors (Lipinski definition) is 0. The number of rotatable bonds is 3. The van der Waals surface area contributed by atoms with Gasteiger partial charge in [0.25, 0.3) is 0 Å². The number of halogens is 13. The third-order valence-electron chi connectivity index (χ3n) is 1.77. The molecule has 0 aliphatic carbocycles. The van der Waals surface area contributed by atoms with Gasteiger partial charge in [-0.15, -0.1) is 0 Å². The first-order valence-corrected chi connectivity index (χ1v) is 14.2. The van der Waals surface area contributed by atoms with Crippen molar-refractivity contribution in [1.29, 1.82) is 0 Å². The Morgan fingerprint density at radius 1 is 0.526 bits per heavy atom. The maximum atomic E-state index is 3.70. The van der Waals surface area contributed by atoms with Crippen molar-refractivity contribution in [3.05, 3.63) is 0 Å². The SMILES string of the molecule is BrC(C(Br)(Br)Br)C(Br)(Br)C(Br)(Br)C(Br)(Br)C(Br)(Br)Br. The Morgan fingerprint density at radius 2 is 0.842 bits per heavy atom. The molecule has 0 saturated heterocycles. The van der Waals surface area contributed by atoms with Crippen LogP contribution in [0.1, 0.15) is 0 Å². The summed E-state index contributed by atoms with van der Waals surface area (Å²) in [6.45, 7) is 0. The van der Waals surface area contributed by atoms with Gasteiger partial charge in [-0.05, 0) is 0 Å². The van der Waals surface area contributed by atoms with Crippen LogP contribution in [0, 0.1) is 0 Å². The molecule has 0 rings (SSSR count). The molecule has 0 amide bonds. The Bertz CT molecular complexity index is 319. The highest BCUT2D eigenvalue weighted by Gasteiger charge is 2.67. The summed E-state index contributed by atoms with van der Waals surface area (Å²) in [5.74, 6) is 0. The molecule has 0 saturated carbocycles. The summed E-state index contributed by atoms with van der Waals surface area (Å²) in [5, 5.41) is 0. The van der Waals surface area contributed by atoms with E-state index < -0.39 is 14.0 Å². The van der Waals surface area contributed by atoms with Gasteiger partial charge in [0.2, 0.25) is 0 Å². The minimum atomic E-state index is -0.731. The van der Waals surface area contributed by atoms with Crippen LogP contribution in [0.5, 0.6) is 0 Å². The molecule has 0 aromatic rings. The van der Waals surface area contributed by atoms with E-state index in [-0.39, 0.29) is 4.83 Å². The normalized spacial score (nSPS) is 17.5. The maximum absolute atomic E-state index is 3.70. The van der Waals surface area contributed by atoms with E-state index in [1.807, 2.05) is 0 Å². The van der Waals surface area contributed by atoms with E-state index >= 15 is 0 Å². The molecule has 0 heterocycles. The first kappa shape index (κ1) is 25.2. The van der Waals surface area contributed by atoms with Crippen LogP contribution in [0.3, 0.4) is 0 Å². The van der Waals surface area contributed by atoms with Crippen LogP contribution in [0.25, 0.3) is 0 Å². The molecule has 0 radical (unpaired) electrons. The van der Waals surface area contributed by atoms with E-state index in [2.05, 4.69) is 207 Å². The smallest absolute Gasteiger partial charge is 0.0831 e. The topological polar surface area (TPSA) is 0 Å². The van der Waals surface area contributed by atoms with Crippen molar-refractivity contribution in [3.63, 3.8) is 0 Å². The van der Waals surface area contributed by atoms with E-state index in [1.54, 1.807) is 0 Å². The molecule has 0 nitrogen and oxygen atoms in total. The minimum absolute atomic E-state index is 0.157. The van der Waals surface area contributed by atoms with E-state index in [1.165, 1.54) is 0 Å². The van der Waals surface area contributed by atoms with Gasteiger partial charge in [0, 0.05) is 0 Å². The summed E-state index contributed by atoms with van der Waals surface area (Å²) in [7, 11) is 0. The molecule has 0 aromatic carbocycles. The van der Waals surface area contributed by atoms with Gasteiger partial charge in [-0.3, -0.25) is 0 Å². The van der Waals surface area contributed by atoms with Crippen molar-refractivity contribution >= 4 is 207 Å². The molecule has 0 spiro atoms. The van der Waals surface area contributed by atoms with Crippen LogP contribution < -0.4 is 0 Å². The van der Waals surface area contributed by atoms with Crippen molar-refractivity contribution in [3.8, 4) is 0 Å². The van der Waals surface area contributed by atoms with E-state index in [0.29, 0.717) is 0 Å². The lowest BCUT2D eigenvalue weighted by atomic mass is 10.2. The second-order valence-corrected chi connectivity index (χ2v) is 28.2. The summed E-state index contributed by atoms with van der Waals surface area (Å²) in [6.07, 6.45) is 0. The van der Waals surface area contributed by atoms with E-state index in [9.17, 15) is 0 Å². The highest BCUT2D eigenvalue weighted by molar-refractivity contribution is 9.42. The van der Waals surface area contributed by atoms with Gasteiger partial charge in [-0.2, -0.15) is 0 Å². The Hall–Kier alpha value is 6.24. The fraction of sp³-hybridized carbons (Fsp3) is 1.00. The van der Waals surface area contributed by atoms with Crippen molar-refractivity contribution in [2.75, 3.05) is 0 Å². The van der Waals surface area contributed by atoms with Gasteiger partial charge in [0.15, 0.2) is 2.14 Å². The molecule has 0 bridgehead atoms. The largest absolute Gasteiger partial charge is 0.162 e. The lowest BCUT2D eigenvalue weighted by Crippen LogP contribution is -2.58. The summed E-state index contributed by atoms with van der Waals surface area (Å²) < 4.78 is -3.31. The average Bonchev–Trinajstić information content (AvgIpc) is 2.12. The highest BCUT2D eigenvalue weighted by Crippen LogP contribution is 2.71. The average molecular weight is 1110 g/mol. The molecule has 0 aliphatic rings. The monoisotopic (exact) mass is 1100 g/mol. The Labute approximate surface area is 221 Å². The second-order valence-electron chi connectivity index (χ2n) is 3.17. The van der Waals surface area contributed by atoms with Gasteiger partial charge in [0.05, 0.1) is 4.83 Å². The molecular weight excluding hydrogens is 1110 g/mol. The molecule has 19 heavy (non-hydrogen) atoms. The summed E-state index contributed by atoms with van der Waals surface area (Å²) in [5.41, 5.74) is 0. The Balaban J connectivity index is 5.78. The van der Waals surface area contributed by atoms with Crippen LogP contribution in [0.4, 0.5) is 0 Å². The molecule has 0 fully saturated rings. The predicted octanol–water partition coefficient (Wildman–Crippen LogP) is 9.89. The van der Waals surface area contributed by atoms with Gasteiger partial charge in [-0.1, -0.05) is 207 Å². The molecule has 1 atom stereocenters. The van der Waals surface area contributed by atoms with Crippen molar-refractivity contribution in [2.45, 2.75) is 18.8 Å². The third-order valence-corrected chi connectivity index (χ3v) is 23.8. The summed E-state index contributed by atoms with van der Waals surface area (Å²) in [4.78, 5) is -0.157. The van der Waals surface area contributed by atoms with E-state index in [4.69, 9.17) is 0 Å². The van der Waals surface area contributed by atoms with Crippen molar-refractivity contribution in [1.82, 2.24) is 0 Å². The standard InChI is InChI=1S/C6HBr13/c7-1(3(10,11)12)2(8,9)4(13,14)5(15,16)6(17,18)19/h1H. The van der Waals surface area contributed by atoms with Crippen molar-refractivity contribution < 1.29 is 0 Å². The maximum Gasteiger partial charge on any atom is 0.162 e. The minimum Gasteiger partial charge on any atom is -0.0831 e. The Kier molecular flexibility index (Phi) is 11.3. The van der Waals surface area contributed by atoms with Crippen LogP contribution in [-0.4, -0.2) is 18.8 Å². The molecular formula is C6HBr13. The van der Waals surface area contributed by atoms with Crippen LogP contribution in [0.15, 0.2) is 0 Å². The zero-order chi connectivity index (χ0) is 16.1. The quantitative estimate of drug-likeness (QED) is 0.247. The van der Waals surface area contributed by atoms with E-state index in [0.717, 1.165) is 0 Å². The lowest BCUT2D eigenvalue weighted by molar-refractivity contribution is 0.693. The van der Waals surface area contributed by atoms with Gasteiger partial charge < -0.3 is 0 Å². The fourth-order valence-corrected chi connectivity index (χ4v) is 11.1. The van der Waals surface area contributed by atoms with Gasteiger partial charge in [0.1, 0.15) is 11.8 Å². The first-order chi connectivity index (χ1) is 7.90. The molecule has 0 aliphatic heterocycles. The number of alkyl halides is 13. The predicted molar refractivity (Wildman–Crippen MR) is 133 cm³/mol. The van der Waals surface area contributed by atoms with Crippen LogP contribution in [-0.2, 0) is 0 Å². The first-order valence-electron chi connectivity index (χ1n) is 3.81. The molecule has 0 N–H and O–H groups in total. The molecule has 13 heteroatoms. The van der Waals surface area contributed by atoms with Gasteiger partial charge in [-0.25, -0.2) is 0 Å². The van der Waals surface area contributed by atoms with Gasteiger partial charge >= 0.3 is 0 Å². The highest BCUT2D eigenvalue weighted by atomic mass is 80.0. The number of hydrogen-bond donors (Lipinski definition) is 0.